The van der Waals surface area contributed by atoms with Gasteiger partial charge in [-0.2, -0.15) is 0 Å². The standard InChI is InChI=1S/C38H50N6O3Si/c1-24(2)48(25(3)4,26(5)6)21-17-31-30(12-13-32(40-31)41-36(45)28(8)44(37(46)47)23-38(9,10)11)35-34(29-14-18-39-19-15-29)42-33-22-27(7)16-20-43(33)35/h12-16,18-20,22,24-26,28H,23H2,1-11H3,(H,46,47)(H,40,41,45). The summed E-state index contributed by atoms with van der Waals surface area (Å²) in [6.45, 7) is 23.3. The number of carbonyl (C=O) groups excluding carboxylic acids is 1. The second-order valence-corrected chi connectivity index (χ2v) is 20.4. The Morgan fingerprint density at radius 1 is 0.958 bits per heavy atom. The highest BCUT2D eigenvalue weighted by Crippen LogP contribution is 2.41. The highest BCUT2D eigenvalue weighted by atomic mass is 28.3. The Morgan fingerprint density at radius 2 is 1.58 bits per heavy atom. The Balaban J connectivity index is 1.94. The fourth-order valence-electron chi connectivity index (χ4n) is 6.78. The van der Waals surface area contributed by atoms with Crippen molar-refractivity contribution in [3.8, 4) is 34.0 Å². The van der Waals surface area contributed by atoms with E-state index in [2.05, 4.69) is 67.7 Å². The monoisotopic (exact) mass is 666 g/mol. The molecule has 254 valence electrons. The maximum absolute atomic E-state index is 13.5. The van der Waals surface area contributed by atoms with E-state index in [1.165, 1.54) is 4.90 Å². The highest BCUT2D eigenvalue weighted by molar-refractivity contribution is 6.90. The van der Waals surface area contributed by atoms with Crippen LogP contribution in [0.4, 0.5) is 10.6 Å². The van der Waals surface area contributed by atoms with Crippen LogP contribution >= 0.6 is 0 Å². The Morgan fingerprint density at radius 3 is 2.15 bits per heavy atom. The minimum Gasteiger partial charge on any atom is -0.465 e. The molecule has 4 rings (SSSR count). The van der Waals surface area contributed by atoms with Crippen molar-refractivity contribution in [2.24, 2.45) is 5.41 Å². The molecule has 1 atom stereocenters. The van der Waals surface area contributed by atoms with Crippen LogP contribution in [0.5, 0.6) is 0 Å². The summed E-state index contributed by atoms with van der Waals surface area (Å²) in [5.41, 5.74) is 10.5. The van der Waals surface area contributed by atoms with Crippen LogP contribution < -0.4 is 5.32 Å². The minimum atomic E-state index is -2.17. The maximum atomic E-state index is 13.5. The molecule has 0 aliphatic carbocycles. The molecular formula is C38H50N6O3Si. The summed E-state index contributed by atoms with van der Waals surface area (Å²) in [5.74, 6) is 3.40. The second-order valence-electron chi connectivity index (χ2n) is 14.9. The first-order valence-electron chi connectivity index (χ1n) is 16.7. The lowest BCUT2D eigenvalue weighted by atomic mass is 9.95. The molecule has 2 N–H and O–H groups in total. The molecule has 2 amide bonds. The third-order valence-corrected chi connectivity index (χ3v) is 15.4. The van der Waals surface area contributed by atoms with Crippen molar-refractivity contribution in [3.05, 3.63) is 66.2 Å². The van der Waals surface area contributed by atoms with Crippen molar-refractivity contribution in [1.29, 1.82) is 0 Å². The lowest BCUT2D eigenvalue weighted by Gasteiger charge is -2.38. The van der Waals surface area contributed by atoms with Gasteiger partial charge in [-0.05, 0) is 77.8 Å². The van der Waals surface area contributed by atoms with Gasteiger partial charge in [0.25, 0.3) is 0 Å². The number of pyridine rings is 3. The summed E-state index contributed by atoms with van der Waals surface area (Å²) in [6, 6.07) is 10.7. The van der Waals surface area contributed by atoms with Gasteiger partial charge in [-0.25, -0.2) is 14.8 Å². The van der Waals surface area contributed by atoms with Crippen molar-refractivity contribution in [2.45, 2.75) is 98.8 Å². The third-order valence-electron chi connectivity index (χ3n) is 9.14. The summed E-state index contributed by atoms with van der Waals surface area (Å²) in [5, 5.41) is 12.8. The summed E-state index contributed by atoms with van der Waals surface area (Å²) in [6.07, 6.45) is 4.37. The molecule has 4 heterocycles. The number of carboxylic acid groups (broad SMARTS) is 1. The van der Waals surface area contributed by atoms with Crippen LogP contribution in [-0.2, 0) is 4.79 Å². The van der Waals surface area contributed by atoms with Crippen LogP contribution in [0, 0.1) is 23.8 Å². The number of carbonyl (C=O) groups is 2. The van der Waals surface area contributed by atoms with Crippen LogP contribution in [0.25, 0.3) is 28.2 Å². The number of aryl methyl sites for hydroxylation is 1. The first kappa shape index (κ1) is 36.3. The van der Waals surface area contributed by atoms with Crippen molar-refractivity contribution in [1.82, 2.24) is 24.3 Å². The van der Waals surface area contributed by atoms with E-state index in [1.807, 2.05) is 64.2 Å². The van der Waals surface area contributed by atoms with Gasteiger partial charge in [0.2, 0.25) is 5.91 Å². The lowest BCUT2D eigenvalue weighted by Crippen LogP contribution is -2.48. The number of rotatable bonds is 9. The van der Waals surface area contributed by atoms with Gasteiger partial charge >= 0.3 is 6.09 Å². The molecular weight excluding hydrogens is 617 g/mol. The largest absolute Gasteiger partial charge is 0.465 e. The van der Waals surface area contributed by atoms with Gasteiger partial charge in [0.05, 0.1) is 11.4 Å². The molecule has 48 heavy (non-hydrogen) atoms. The van der Waals surface area contributed by atoms with E-state index >= 15 is 0 Å². The zero-order valence-corrected chi connectivity index (χ0v) is 31.2. The van der Waals surface area contributed by atoms with Crippen molar-refractivity contribution < 1.29 is 14.7 Å². The molecule has 0 aliphatic rings. The van der Waals surface area contributed by atoms with Gasteiger partial charge in [-0.3, -0.25) is 19.1 Å². The molecule has 0 aliphatic heterocycles. The fourth-order valence-corrected chi connectivity index (χ4v) is 12.0. The first-order valence-corrected chi connectivity index (χ1v) is 18.9. The number of nitrogens with zero attached hydrogens (tertiary/aromatic N) is 5. The van der Waals surface area contributed by atoms with Gasteiger partial charge in [0.1, 0.15) is 31.3 Å². The summed E-state index contributed by atoms with van der Waals surface area (Å²) in [4.78, 5) is 41.0. The van der Waals surface area contributed by atoms with Gasteiger partial charge in [-0.15, -0.1) is 5.54 Å². The maximum Gasteiger partial charge on any atom is 0.407 e. The molecule has 9 nitrogen and oxygen atoms in total. The summed E-state index contributed by atoms with van der Waals surface area (Å²) < 4.78 is 2.06. The average Bonchev–Trinajstić information content (AvgIpc) is 3.37. The third kappa shape index (κ3) is 7.63. The van der Waals surface area contributed by atoms with Crippen LogP contribution in [-0.4, -0.2) is 62.0 Å². The van der Waals surface area contributed by atoms with Gasteiger partial charge in [0.15, 0.2) is 0 Å². The normalized spacial score (nSPS) is 12.7. The van der Waals surface area contributed by atoms with Crippen LogP contribution in [0.3, 0.4) is 0 Å². The number of fused-ring (bicyclic) bond motifs is 1. The number of imidazole rings is 1. The number of amides is 2. The number of nitrogens with one attached hydrogen (secondary N) is 1. The van der Waals surface area contributed by atoms with E-state index in [4.69, 9.17) is 9.97 Å². The fraction of sp³-hybridized carbons (Fsp3) is 0.447. The lowest BCUT2D eigenvalue weighted by molar-refractivity contribution is -0.120. The Kier molecular flexibility index (Phi) is 10.8. The van der Waals surface area contributed by atoms with Crippen molar-refractivity contribution in [2.75, 3.05) is 11.9 Å². The SMILES string of the molecule is Cc1ccn2c(-c3ccc(NC(=O)C(C)N(CC(C)(C)C)C(=O)O)nc3C#C[Si](C(C)C)(C(C)C)C(C)C)c(-c3ccncc3)nc2c1. The molecule has 0 bridgehead atoms. The zero-order valence-electron chi connectivity index (χ0n) is 30.2. The Labute approximate surface area is 286 Å². The molecule has 0 saturated heterocycles. The van der Waals surface area contributed by atoms with E-state index in [1.54, 1.807) is 25.4 Å². The van der Waals surface area contributed by atoms with E-state index in [-0.39, 0.29) is 12.0 Å². The Bertz CT molecular complexity index is 1830. The minimum absolute atomic E-state index is 0.206. The molecule has 10 heteroatoms. The molecule has 1 unspecified atom stereocenters. The number of aromatic nitrogens is 4. The molecule has 0 spiro atoms. The van der Waals surface area contributed by atoms with Crippen LogP contribution in [0.1, 0.15) is 80.5 Å². The Hall–Kier alpha value is -4.49. The number of anilines is 1. The van der Waals surface area contributed by atoms with Gasteiger partial charge < -0.3 is 10.4 Å². The van der Waals surface area contributed by atoms with E-state index < -0.39 is 26.1 Å². The smallest absolute Gasteiger partial charge is 0.407 e. The molecule has 0 radical (unpaired) electrons. The van der Waals surface area contributed by atoms with Crippen molar-refractivity contribution in [3.63, 3.8) is 0 Å². The number of hydrogen-bond donors (Lipinski definition) is 2. The van der Waals surface area contributed by atoms with Gasteiger partial charge in [-0.1, -0.05) is 68.2 Å². The van der Waals surface area contributed by atoms with E-state index in [0.29, 0.717) is 28.1 Å². The van der Waals surface area contributed by atoms with Crippen molar-refractivity contribution >= 4 is 31.5 Å². The quantitative estimate of drug-likeness (QED) is 0.137. The highest BCUT2D eigenvalue weighted by Gasteiger charge is 2.42. The van der Waals surface area contributed by atoms with E-state index in [0.717, 1.165) is 33.7 Å². The second kappa shape index (κ2) is 14.3. The van der Waals surface area contributed by atoms with Crippen LogP contribution in [0.15, 0.2) is 55.0 Å². The predicted molar refractivity (Wildman–Crippen MR) is 197 cm³/mol. The van der Waals surface area contributed by atoms with Crippen LogP contribution in [0.2, 0.25) is 16.6 Å². The summed E-state index contributed by atoms with van der Waals surface area (Å²) in [7, 11) is -2.17. The average molecular weight is 667 g/mol. The summed E-state index contributed by atoms with van der Waals surface area (Å²) >= 11 is 0. The van der Waals surface area contributed by atoms with E-state index in [9.17, 15) is 14.7 Å². The molecule has 4 aromatic heterocycles. The first-order chi connectivity index (χ1) is 22.5. The number of hydrogen-bond acceptors (Lipinski definition) is 5. The molecule has 0 fully saturated rings. The molecule has 4 aromatic rings. The predicted octanol–water partition coefficient (Wildman–Crippen LogP) is 8.69. The molecule has 0 aromatic carbocycles. The topological polar surface area (TPSA) is 113 Å². The molecule has 0 saturated carbocycles. The zero-order chi connectivity index (χ0) is 35.6. The van der Waals surface area contributed by atoms with Gasteiger partial charge in [0, 0.05) is 36.3 Å².